The van der Waals surface area contributed by atoms with Crippen LogP contribution < -0.4 is 14.5 Å². The lowest BCUT2D eigenvalue weighted by Gasteiger charge is -2.35. The average molecular weight is 567 g/mol. The fraction of sp³-hybridized carbons (Fsp3) is 0.265. The molecule has 208 valence electrons. The van der Waals surface area contributed by atoms with E-state index in [-0.39, 0.29) is 11.4 Å². The highest BCUT2D eigenvalue weighted by Crippen LogP contribution is 2.49. The molecule has 0 bridgehead atoms. The number of carboxylic acids is 1. The molecule has 0 unspecified atom stereocenters. The average Bonchev–Trinajstić information content (AvgIpc) is 3.20. The number of nitrogens with zero attached hydrogens (tertiary/aromatic N) is 2. The molecule has 0 amide bonds. The first-order chi connectivity index (χ1) is 20.1. The smallest absolute Gasteiger partial charge is 0.335 e. The summed E-state index contributed by atoms with van der Waals surface area (Å²) in [7, 11) is 0. The van der Waals surface area contributed by atoms with E-state index >= 15 is 4.39 Å². The summed E-state index contributed by atoms with van der Waals surface area (Å²) in [5, 5.41) is 9.77. The van der Waals surface area contributed by atoms with Crippen molar-refractivity contribution in [2.75, 3.05) is 16.3 Å². The summed E-state index contributed by atoms with van der Waals surface area (Å²) in [6.45, 7) is 1.35. The highest BCUT2D eigenvalue weighted by molar-refractivity contribution is 7.92. The first kappa shape index (κ1) is 26.1. The third kappa shape index (κ3) is 4.87. The Kier molecular flexibility index (Phi) is 6.93. The second-order valence-electron chi connectivity index (χ2n) is 11.3. The highest BCUT2D eigenvalue weighted by atomic mass is 32.2. The Bertz CT molecular complexity index is 1610. The number of benzene rings is 4. The molecule has 1 aliphatic carbocycles. The zero-order valence-electron chi connectivity index (χ0n) is 22.8. The molecule has 1 fully saturated rings. The fourth-order valence-corrected chi connectivity index (χ4v) is 7.83. The van der Waals surface area contributed by atoms with Gasteiger partial charge in [0.1, 0.15) is 23.8 Å². The van der Waals surface area contributed by atoms with E-state index in [1.54, 1.807) is 30.1 Å². The molecular weight excluding hydrogens is 533 g/mol. The number of halogens is 1. The van der Waals surface area contributed by atoms with Crippen LogP contribution in [0.4, 0.5) is 27.1 Å². The quantitative estimate of drug-likeness (QED) is 0.250. The Morgan fingerprint density at radius 3 is 2.39 bits per heavy atom. The van der Waals surface area contributed by atoms with Crippen molar-refractivity contribution in [2.24, 2.45) is 5.92 Å². The number of carbonyl (C=O) groups is 1. The Balaban J connectivity index is 1.41. The number of hydrogen-bond donors (Lipinski definition) is 2. The molecule has 0 aromatic heterocycles. The van der Waals surface area contributed by atoms with Gasteiger partial charge < -0.3 is 14.9 Å². The summed E-state index contributed by atoms with van der Waals surface area (Å²) in [5.74, 6) is -0.562. The van der Waals surface area contributed by atoms with Crippen LogP contribution in [0.1, 0.15) is 48.0 Å². The van der Waals surface area contributed by atoms with E-state index in [0.29, 0.717) is 24.2 Å². The summed E-state index contributed by atoms with van der Waals surface area (Å²) < 4.78 is 17.7. The van der Waals surface area contributed by atoms with Gasteiger partial charge in [-0.3, -0.25) is 4.72 Å². The van der Waals surface area contributed by atoms with Gasteiger partial charge >= 0.3 is 5.97 Å². The molecular formula is C34H33FN3O2S+. The maximum absolute atomic E-state index is 15.3. The van der Waals surface area contributed by atoms with Crippen molar-refractivity contribution in [1.82, 2.24) is 0 Å². The number of aromatic carboxylic acids is 1. The number of nitrogens with two attached hydrogens (primary N) is 1. The first-order valence-corrected chi connectivity index (χ1v) is 15.3. The van der Waals surface area contributed by atoms with Gasteiger partial charge in [0.05, 0.1) is 34.1 Å². The minimum Gasteiger partial charge on any atom is -0.478 e. The van der Waals surface area contributed by atoms with Crippen LogP contribution in [0.15, 0.2) is 89.8 Å². The van der Waals surface area contributed by atoms with Gasteiger partial charge in [-0.1, -0.05) is 55.7 Å². The van der Waals surface area contributed by atoms with Gasteiger partial charge in [-0.2, -0.15) is 0 Å². The lowest BCUT2D eigenvalue weighted by atomic mass is 9.84. The maximum atomic E-state index is 15.3. The van der Waals surface area contributed by atoms with Crippen LogP contribution >= 0.6 is 11.9 Å². The predicted octanol–water partition coefficient (Wildman–Crippen LogP) is 7.51. The second kappa shape index (κ2) is 10.9. The van der Waals surface area contributed by atoms with Crippen molar-refractivity contribution in [2.45, 2.75) is 49.6 Å². The van der Waals surface area contributed by atoms with E-state index in [4.69, 9.17) is 0 Å². The molecule has 2 heterocycles. The van der Waals surface area contributed by atoms with E-state index in [2.05, 4.69) is 46.0 Å². The van der Waals surface area contributed by atoms with Crippen LogP contribution in [0.5, 0.6) is 0 Å². The summed E-state index contributed by atoms with van der Waals surface area (Å²) >= 11 is 1.79. The lowest BCUT2D eigenvalue weighted by Crippen LogP contribution is -2.85. The van der Waals surface area contributed by atoms with Gasteiger partial charge in [0.25, 0.3) is 0 Å². The van der Waals surface area contributed by atoms with Crippen LogP contribution in [0.2, 0.25) is 0 Å². The molecule has 41 heavy (non-hydrogen) atoms. The molecule has 7 rings (SSSR count). The maximum Gasteiger partial charge on any atom is 0.335 e. The van der Waals surface area contributed by atoms with Crippen LogP contribution in [-0.2, 0) is 6.54 Å². The highest BCUT2D eigenvalue weighted by Gasteiger charge is 2.35. The molecule has 0 radical (unpaired) electrons. The topological polar surface area (TPSA) is 60.4 Å². The molecule has 1 saturated carbocycles. The summed E-state index contributed by atoms with van der Waals surface area (Å²) in [6.07, 6.45) is 6.46. The summed E-state index contributed by atoms with van der Waals surface area (Å²) in [6, 6.07) is 27.6. The van der Waals surface area contributed by atoms with Crippen molar-refractivity contribution < 1.29 is 19.0 Å². The lowest BCUT2D eigenvalue weighted by molar-refractivity contribution is -0.532. The zero-order chi connectivity index (χ0) is 27.9. The molecule has 0 saturated heterocycles. The van der Waals surface area contributed by atoms with Gasteiger partial charge in [-0.05, 0) is 72.5 Å². The molecule has 0 spiro atoms. The van der Waals surface area contributed by atoms with E-state index in [0.717, 1.165) is 45.2 Å². The predicted molar refractivity (Wildman–Crippen MR) is 163 cm³/mol. The Morgan fingerprint density at radius 1 is 0.829 bits per heavy atom. The molecule has 2 aliphatic heterocycles. The molecule has 3 aliphatic rings. The monoisotopic (exact) mass is 566 g/mol. The Morgan fingerprint density at radius 2 is 1.61 bits per heavy atom. The van der Waals surface area contributed by atoms with Crippen LogP contribution in [-0.4, -0.2) is 23.7 Å². The van der Waals surface area contributed by atoms with Gasteiger partial charge in [0, 0.05) is 23.7 Å². The number of quaternary nitrogens is 1. The Labute approximate surface area is 244 Å². The molecule has 4 aromatic rings. The number of hydrogen-bond acceptors (Lipinski definition) is 4. The van der Waals surface area contributed by atoms with Crippen molar-refractivity contribution in [1.29, 1.82) is 0 Å². The van der Waals surface area contributed by atoms with Crippen LogP contribution in [0.3, 0.4) is 0 Å². The minimum absolute atomic E-state index is 0.256. The van der Waals surface area contributed by atoms with Crippen molar-refractivity contribution >= 4 is 40.7 Å². The first-order valence-electron chi connectivity index (χ1n) is 14.5. The Hall–Kier alpha value is -3.81. The standard InChI is InChI=1S/C34H32FN3O2S/c35-28-13-7-8-14-30(28)38-20-24-16-15-23(34(39)40)17-26(24)27-18-33-32(19-31(27)38)37(25-11-5-2-6-12-25)21-29(36-41-33)22-9-3-1-4-10-22/h2,5-8,11-19,22,29,36H,1,3-4,9-10,20-21H2,(H,39,40)/p+1/t29-/m0/s1. The molecule has 5 nitrogen and oxygen atoms in total. The summed E-state index contributed by atoms with van der Waals surface area (Å²) in [5.41, 5.74) is 6.72. The van der Waals surface area contributed by atoms with Gasteiger partial charge in [-0.15, -0.1) is 0 Å². The van der Waals surface area contributed by atoms with E-state index in [1.165, 1.54) is 38.2 Å². The molecule has 3 N–H and O–H groups in total. The molecule has 1 atom stereocenters. The third-order valence-corrected chi connectivity index (χ3v) is 9.93. The number of fused-ring (bicyclic) bond motifs is 4. The van der Waals surface area contributed by atoms with E-state index < -0.39 is 5.97 Å². The third-order valence-electron chi connectivity index (χ3n) is 8.86. The minimum atomic E-state index is -0.950. The fourth-order valence-electron chi connectivity index (χ4n) is 6.73. The van der Waals surface area contributed by atoms with Crippen LogP contribution in [0, 0.1) is 11.7 Å². The van der Waals surface area contributed by atoms with Gasteiger partial charge in [0.2, 0.25) is 0 Å². The molecule has 7 heteroatoms. The van der Waals surface area contributed by atoms with Crippen LogP contribution in [0.25, 0.3) is 11.1 Å². The van der Waals surface area contributed by atoms with Crippen molar-refractivity contribution in [3.8, 4) is 11.1 Å². The van der Waals surface area contributed by atoms with Crippen molar-refractivity contribution in [3.05, 3.63) is 102 Å². The second-order valence-corrected chi connectivity index (χ2v) is 12.3. The normalized spacial score (nSPS) is 18.7. The summed E-state index contributed by atoms with van der Waals surface area (Å²) in [4.78, 5) is 17.5. The number of anilines is 4. The van der Waals surface area contributed by atoms with Gasteiger partial charge in [-0.25, -0.2) is 9.18 Å². The van der Waals surface area contributed by atoms with Gasteiger partial charge in [0.15, 0.2) is 0 Å². The molecule has 4 aromatic carbocycles. The SMILES string of the molecule is O=C(O)c1ccc2c(c1)-c1cc3c(cc1N(c1ccccc1F)C2)N(c1ccccc1)C[C@@H](C1CCCCC1)[NH2+]S3. The largest absolute Gasteiger partial charge is 0.478 e. The van der Waals surface area contributed by atoms with E-state index in [1.807, 2.05) is 29.2 Å². The number of carboxylic acid groups (broad SMARTS) is 1. The van der Waals surface area contributed by atoms with E-state index in [9.17, 15) is 9.90 Å². The zero-order valence-corrected chi connectivity index (χ0v) is 23.6. The number of para-hydroxylation sites is 2. The van der Waals surface area contributed by atoms with Crippen molar-refractivity contribution in [3.63, 3.8) is 0 Å². The number of rotatable bonds is 4.